The maximum atomic E-state index is 11.1. The van der Waals surface area contributed by atoms with Crippen LogP contribution in [0.2, 0.25) is 0 Å². The summed E-state index contributed by atoms with van der Waals surface area (Å²) in [5, 5.41) is 29.6. The van der Waals surface area contributed by atoms with Crippen LogP contribution in [0.5, 0.6) is 0 Å². The van der Waals surface area contributed by atoms with Gasteiger partial charge < -0.3 is 18.0 Å². The predicted molar refractivity (Wildman–Crippen MR) is 231 cm³/mol. The Morgan fingerprint density at radius 2 is 1.02 bits per heavy atom. The SMILES string of the molecule is [C-]#[N+]c1ccc(-c2ccc(C#N)c(C#N)c2-n2c3ccccc3c3ccc4oc5ccccc5c4c32)c(-n2c3ccccc3c3ccc4oc5ccccc5c4c32)c1. The highest BCUT2D eigenvalue weighted by Crippen LogP contribution is 2.47. The van der Waals surface area contributed by atoms with Gasteiger partial charge in [-0.15, -0.1) is 0 Å². The lowest BCUT2D eigenvalue weighted by atomic mass is 9.94. The van der Waals surface area contributed by atoms with Crippen molar-refractivity contribution < 1.29 is 8.83 Å². The zero-order valence-corrected chi connectivity index (χ0v) is 30.5. The van der Waals surface area contributed by atoms with Crippen molar-refractivity contribution in [3.8, 4) is 34.6 Å². The molecule has 0 aliphatic carbocycles. The van der Waals surface area contributed by atoms with Crippen LogP contribution < -0.4 is 0 Å². The first-order chi connectivity index (χ1) is 28.7. The van der Waals surface area contributed by atoms with E-state index in [9.17, 15) is 10.5 Å². The van der Waals surface area contributed by atoms with E-state index in [0.717, 1.165) is 104 Å². The molecule has 4 aromatic heterocycles. The van der Waals surface area contributed by atoms with E-state index >= 15 is 0 Å². The molecule has 0 fully saturated rings. The van der Waals surface area contributed by atoms with Crippen molar-refractivity contribution >= 4 is 93.2 Å². The molecule has 58 heavy (non-hydrogen) atoms. The van der Waals surface area contributed by atoms with Crippen molar-refractivity contribution in [1.82, 2.24) is 9.13 Å². The second-order valence-electron chi connectivity index (χ2n) is 14.5. The number of nitriles is 2. The van der Waals surface area contributed by atoms with Crippen molar-refractivity contribution in [3.05, 3.63) is 174 Å². The predicted octanol–water partition coefficient (Wildman–Crippen LogP) is 13.6. The largest absolute Gasteiger partial charge is 0.456 e. The first-order valence-electron chi connectivity index (χ1n) is 18.8. The number of hydrogen-bond donors (Lipinski definition) is 0. The van der Waals surface area contributed by atoms with Crippen molar-refractivity contribution in [2.24, 2.45) is 0 Å². The summed E-state index contributed by atoms with van der Waals surface area (Å²) < 4.78 is 17.2. The quantitative estimate of drug-likeness (QED) is 0.169. The Morgan fingerprint density at radius 1 is 0.483 bits per heavy atom. The summed E-state index contributed by atoms with van der Waals surface area (Å²) in [6.45, 7) is 8.17. The van der Waals surface area contributed by atoms with Gasteiger partial charge in [0.15, 0.2) is 5.69 Å². The lowest BCUT2D eigenvalue weighted by molar-refractivity contribution is 0.669. The zero-order valence-electron chi connectivity index (χ0n) is 30.5. The third kappa shape index (κ3) is 4.13. The molecule has 0 spiro atoms. The second-order valence-corrected chi connectivity index (χ2v) is 14.5. The first-order valence-corrected chi connectivity index (χ1v) is 18.8. The second kappa shape index (κ2) is 11.7. The van der Waals surface area contributed by atoms with Gasteiger partial charge >= 0.3 is 0 Å². The fourth-order valence-corrected chi connectivity index (χ4v) is 9.26. The van der Waals surface area contributed by atoms with E-state index in [1.807, 2.05) is 97.1 Å². The van der Waals surface area contributed by atoms with Gasteiger partial charge in [0.1, 0.15) is 34.5 Å². The summed E-state index contributed by atoms with van der Waals surface area (Å²) in [5.74, 6) is 0. The molecule has 7 nitrogen and oxygen atoms in total. The Bertz CT molecular complexity index is 3910. The summed E-state index contributed by atoms with van der Waals surface area (Å²) in [4.78, 5) is 3.92. The van der Waals surface area contributed by atoms with Crippen molar-refractivity contribution in [1.29, 1.82) is 10.5 Å². The van der Waals surface area contributed by atoms with Gasteiger partial charge in [0.05, 0.1) is 56.2 Å². The molecule has 4 heterocycles. The highest BCUT2D eigenvalue weighted by atomic mass is 16.3. The maximum absolute atomic E-state index is 11.1. The number of rotatable bonds is 3. The van der Waals surface area contributed by atoms with Crippen LogP contribution in [-0.4, -0.2) is 9.13 Å². The summed E-state index contributed by atoms with van der Waals surface area (Å²) in [7, 11) is 0. The van der Waals surface area contributed by atoms with E-state index < -0.39 is 0 Å². The van der Waals surface area contributed by atoms with E-state index in [0.29, 0.717) is 11.4 Å². The molecule has 266 valence electrons. The van der Waals surface area contributed by atoms with Crippen LogP contribution in [0.1, 0.15) is 11.1 Å². The van der Waals surface area contributed by atoms with Gasteiger partial charge in [-0.3, -0.25) is 0 Å². The van der Waals surface area contributed by atoms with Gasteiger partial charge in [0.25, 0.3) is 0 Å². The first kappa shape index (κ1) is 31.7. The molecule has 0 aliphatic rings. The third-order valence-electron chi connectivity index (χ3n) is 11.6. The Balaban J connectivity index is 1.29. The van der Waals surface area contributed by atoms with Gasteiger partial charge in [-0.05, 0) is 60.7 Å². The van der Waals surface area contributed by atoms with Gasteiger partial charge in [-0.25, -0.2) is 4.85 Å². The molecule has 0 aliphatic heterocycles. The van der Waals surface area contributed by atoms with E-state index in [2.05, 4.69) is 74.6 Å². The minimum atomic E-state index is 0.248. The van der Waals surface area contributed by atoms with Gasteiger partial charge in [-0.1, -0.05) is 91.0 Å². The molecule has 12 rings (SSSR count). The standard InChI is InChI=1S/C51H25N5O2/c1-54-30-19-21-33(42(26-30)55-40-14-6-2-10-31(40)35-22-24-45-47(50(35)55)37-12-4-8-16-43(37)57-45)34-20-18-29(27-52)39(28-53)49(34)56-41-15-7-3-11-32(41)36-23-25-46-48(51(36)56)38-13-5-9-17-44(38)58-46/h2-26H. The van der Waals surface area contributed by atoms with Crippen LogP contribution in [0.4, 0.5) is 5.69 Å². The highest BCUT2D eigenvalue weighted by molar-refractivity contribution is 6.26. The molecule has 0 N–H and O–H groups in total. The van der Waals surface area contributed by atoms with Crippen molar-refractivity contribution in [2.75, 3.05) is 0 Å². The summed E-state index contributed by atoms with van der Waals surface area (Å²) in [5.41, 5.74) is 10.5. The number of hydrogen-bond acceptors (Lipinski definition) is 4. The lowest BCUT2D eigenvalue weighted by Gasteiger charge is -2.21. The minimum absolute atomic E-state index is 0.248. The van der Waals surface area contributed by atoms with E-state index in [1.54, 1.807) is 6.07 Å². The number of aromatic nitrogens is 2. The topological polar surface area (TPSA) is 88.1 Å². The average Bonchev–Trinajstić information content (AvgIpc) is 4.03. The Morgan fingerprint density at radius 3 is 1.60 bits per heavy atom. The van der Waals surface area contributed by atoms with E-state index in [-0.39, 0.29) is 11.1 Å². The molecular formula is C51H25N5O2. The van der Waals surface area contributed by atoms with E-state index in [4.69, 9.17) is 15.4 Å². The molecule has 12 aromatic rings. The van der Waals surface area contributed by atoms with Crippen molar-refractivity contribution in [2.45, 2.75) is 0 Å². The van der Waals surface area contributed by atoms with Crippen LogP contribution in [0.25, 0.3) is 115 Å². The molecule has 8 aromatic carbocycles. The molecule has 0 saturated carbocycles. The van der Waals surface area contributed by atoms with Gasteiger partial charge in [0, 0.05) is 49.1 Å². The molecule has 0 bridgehead atoms. The fraction of sp³-hybridized carbons (Fsp3) is 0. The fourth-order valence-electron chi connectivity index (χ4n) is 9.26. The van der Waals surface area contributed by atoms with Crippen LogP contribution in [0, 0.1) is 29.2 Å². The normalized spacial score (nSPS) is 11.7. The minimum Gasteiger partial charge on any atom is -0.456 e. The summed E-state index contributed by atoms with van der Waals surface area (Å²) in [6, 6.07) is 54.9. The zero-order chi connectivity index (χ0) is 38.6. The lowest BCUT2D eigenvalue weighted by Crippen LogP contribution is -2.05. The average molecular weight is 740 g/mol. The molecule has 0 saturated heterocycles. The summed E-state index contributed by atoms with van der Waals surface area (Å²) in [6.07, 6.45) is 0. The number of benzene rings is 8. The van der Waals surface area contributed by atoms with Crippen LogP contribution in [0.15, 0.2) is 160 Å². The third-order valence-corrected chi connectivity index (χ3v) is 11.6. The van der Waals surface area contributed by atoms with Crippen LogP contribution in [0.3, 0.4) is 0 Å². The maximum Gasteiger partial charge on any atom is 0.189 e. The number of fused-ring (bicyclic) bond motifs is 14. The number of nitrogens with zero attached hydrogens (tertiary/aromatic N) is 5. The molecule has 0 unspecified atom stereocenters. The molecule has 0 amide bonds. The van der Waals surface area contributed by atoms with E-state index in [1.165, 1.54) is 0 Å². The molecule has 7 heteroatoms. The Labute approximate surface area is 329 Å². The molecule has 0 atom stereocenters. The van der Waals surface area contributed by atoms with Gasteiger partial charge in [-0.2, -0.15) is 10.5 Å². The number of furan rings is 2. The molecule has 0 radical (unpaired) electrons. The Kier molecular flexibility index (Phi) is 6.41. The number of para-hydroxylation sites is 4. The Hall–Kier alpha value is -8.57. The van der Waals surface area contributed by atoms with Crippen molar-refractivity contribution in [3.63, 3.8) is 0 Å². The van der Waals surface area contributed by atoms with Gasteiger partial charge in [0.2, 0.25) is 0 Å². The highest BCUT2D eigenvalue weighted by Gasteiger charge is 2.27. The summed E-state index contributed by atoms with van der Waals surface area (Å²) >= 11 is 0. The monoisotopic (exact) mass is 739 g/mol. The smallest absolute Gasteiger partial charge is 0.189 e. The molecular weight excluding hydrogens is 715 g/mol. The van der Waals surface area contributed by atoms with Crippen LogP contribution in [-0.2, 0) is 0 Å². The van der Waals surface area contributed by atoms with Crippen LogP contribution >= 0.6 is 0 Å².